The second kappa shape index (κ2) is 9.19. The van der Waals surface area contributed by atoms with Gasteiger partial charge in [0.2, 0.25) is 5.91 Å². The fraction of sp³-hybridized carbons (Fsp3) is 0.211. The van der Waals surface area contributed by atoms with E-state index in [2.05, 4.69) is 10.3 Å². The van der Waals surface area contributed by atoms with Gasteiger partial charge in [0.1, 0.15) is 16.4 Å². The summed E-state index contributed by atoms with van der Waals surface area (Å²) in [5.41, 5.74) is -0.490. The number of amides is 2. The Morgan fingerprint density at radius 1 is 1.17 bits per heavy atom. The van der Waals surface area contributed by atoms with Gasteiger partial charge in [-0.2, -0.15) is 0 Å². The third-order valence-electron chi connectivity index (χ3n) is 3.87. The van der Waals surface area contributed by atoms with Crippen LogP contribution in [0, 0.1) is 17.5 Å². The van der Waals surface area contributed by atoms with Crippen LogP contribution in [0.5, 0.6) is 0 Å². The van der Waals surface area contributed by atoms with Gasteiger partial charge in [-0.3, -0.25) is 9.59 Å². The van der Waals surface area contributed by atoms with Crippen molar-refractivity contribution >= 4 is 40.2 Å². The molecular weight excluding hydrogens is 423 g/mol. The van der Waals surface area contributed by atoms with Gasteiger partial charge >= 0.3 is 0 Å². The summed E-state index contributed by atoms with van der Waals surface area (Å²) in [6.45, 7) is 1.77. The number of aromatic nitrogens is 1. The van der Waals surface area contributed by atoms with E-state index < -0.39 is 29.0 Å². The first-order valence-corrected chi connectivity index (χ1v) is 10.3. The van der Waals surface area contributed by atoms with E-state index in [0.717, 1.165) is 10.9 Å². The number of anilines is 1. The molecule has 0 saturated carbocycles. The minimum Gasteiger partial charge on any atom is -0.329 e. The van der Waals surface area contributed by atoms with Crippen LogP contribution in [0.25, 0.3) is 9.88 Å². The van der Waals surface area contributed by atoms with Gasteiger partial charge in [0.15, 0.2) is 17.5 Å². The number of carbonyl (C=O) groups is 2. The van der Waals surface area contributed by atoms with Crippen LogP contribution in [0.3, 0.4) is 0 Å². The molecule has 2 amide bonds. The average molecular weight is 439 g/mol. The largest absolute Gasteiger partial charge is 0.329 e. The molecule has 3 aromatic rings. The third kappa shape index (κ3) is 4.83. The van der Waals surface area contributed by atoms with Crippen LogP contribution >= 0.6 is 22.7 Å². The van der Waals surface area contributed by atoms with E-state index in [9.17, 15) is 22.8 Å². The monoisotopic (exact) mass is 439 g/mol. The first-order chi connectivity index (χ1) is 13.9. The number of rotatable bonds is 7. The molecule has 0 fully saturated rings. The lowest BCUT2D eigenvalue weighted by atomic mass is 10.2. The maximum atomic E-state index is 13.8. The molecule has 0 aliphatic carbocycles. The van der Waals surface area contributed by atoms with E-state index in [4.69, 9.17) is 0 Å². The first-order valence-electron chi connectivity index (χ1n) is 8.63. The Morgan fingerprint density at radius 2 is 1.97 bits per heavy atom. The topological polar surface area (TPSA) is 62.3 Å². The number of nitrogens with one attached hydrogen (secondary N) is 1. The van der Waals surface area contributed by atoms with Crippen LogP contribution in [0.4, 0.5) is 18.9 Å². The first kappa shape index (κ1) is 21.0. The predicted octanol–water partition coefficient (Wildman–Crippen LogP) is 4.78. The van der Waals surface area contributed by atoms with E-state index in [1.54, 1.807) is 0 Å². The van der Waals surface area contributed by atoms with Crippen LogP contribution in [0.2, 0.25) is 0 Å². The maximum absolute atomic E-state index is 13.8. The molecule has 3 rings (SSSR count). The van der Waals surface area contributed by atoms with Crippen LogP contribution in [-0.2, 0) is 4.79 Å². The van der Waals surface area contributed by atoms with Crippen molar-refractivity contribution in [2.75, 3.05) is 18.4 Å². The van der Waals surface area contributed by atoms with Crippen molar-refractivity contribution in [1.82, 2.24) is 9.88 Å². The second-order valence-electron chi connectivity index (χ2n) is 6.00. The highest BCUT2D eigenvalue weighted by Crippen LogP contribution is 2.29. The molecule has 2 heterocycles. The van der Waals surface area contributed by atoms with Gasteiger partial charge < -0.3 is 10.2 Å². The second-order valence-corrected chi connectivity index (χ2v) is 7.98. The standard InChI is InChI=1S/C19H16F3N3O2S2/c1-2-7-25(10-15(26)24-12-6-5-11(20)16(21)17(12)22)19(27)14-9-23-18(29-14)13-4-3-8-28-13/h3-6,8-9H,2,7,10H2,1H3,(H,24,26). The third-order valence-corrected chi connectivity index (χ3v) is 5.90. The zero-order chi connectivity index (χ0) is 21.0. The number of hydrogen-bond donors (Lipinski definition) is 1. The van der Waals surface area contributed by atoms with Gasteiger partial charge in [-0.25, -0.2) is 18.2 Å². The molecule has 0 aliphatic heterocycles. The van der Waals surface area contributed by atoms with Crippen LogP contribution in [0.15, 0.2) is 35.8 Å². The number of halogens is 3. The number of nitrogens with zero attached hydrogens (tertiary/aromatic N) is 2. The molecule has 0 aliphatic rings. The van der Waals surface area contributed by atoms with Crippen molar-refractivity contribution in [1.29, 1.82) is 0 Å². The van der Waals surface area contributed by atoms with E-state index in [-0.39, 0.29) is 12.5 Å². The summed E-state index contributed by atoms with van der Waals surface area (Å²) in [6.07, 6.45) is 2.05. The lowest BCUT2D eigenvalue weighted by molar-refractivity contribution is -0.116. The van der Waals surface area contributed by atoms with Gasteiger partial charge in [-0.15, -0.1) is 22.7 Å². The zero-order valence-corrected chi connectivity index (χ0v) is 16.9. The van der Waals surface area contributed by atoms with Crippen molar-refractivity contribution < 1.29 is 22.8 Å². The molecule has 0 atom stereocenters. The Hall–Kier alpha value is -2.72. The number of thiazole rings is 1. The Balaban J connectivity index is 1.72. The van der Waals surface area contributed by atoms with E-state index >= 15 is 0 Å². The lowest BCUT2D eigenvalue weighted by Crippen LogP contribution is -2.38. The Kier molecular flexibility index (Phi) is 6.65. The number of carbonyl (C=O) groups excluding carboxylic acids is 2. The van der Waals surface area contributed by atoms with E-state index in [1.165, 1.54) is 33.8 Å². The molecule has 0 bridgehead atoms. The minimum atomic E-state index is -1.67. The van der Waals surface area contributed by atoms with Gasteiger partial charge in [-0.05, 0) is 30.0 Å². The molecule has 0 radical (unpaired) electrons. The Bertz CT molecular complexity index is 1020. The van der Waals surface area contributed by atoms with Crippen molar-refractivity contribution in [3.05, 3.63) is 58.2 Å². The van der Waals surface area contributed by atoms with Gasteiger partial charge in [0, 0.05) is 6.54 Å². The van der Waals surface area contributed by atoms with E-state index in [0.29, 0.717) is 28.9 Å². The number of benzene rings is 1. The number of thiophene rings is 1. The molecule has 0 spiro atoms. The number of hydrogen-bond acceptors (Lipinski definition) is 5. The molecule has 2 aromatic heterocycles. The average Bonchev–Trinajstić information content (AvgIpc) is 3.39. The summed E-state index contributed by atoms with van der Waals surface area (Å²) in [5, 5.41) is 4.78. The minimum absolute atomic E-state index is 0.290. The molecule has 1 aromatic carbocycles. The highest BCUT2D eigenvalue weighted by molar-refractivity contribution is 7.21. The predicted molar refractivity (Wildman–Crippen MR) is 107 cm³/mol. The van der Waals surface area contributed by atoms with Crippen molar-refractivity contribution in [3.63, 3.8) is 0 Å². The van der Waals surface area contributed by atoms with Gasteiger partial charge in [0.05, 0.1) is 16.8 Å². The van der Waals surface area contributed by atoms with Crippen LogP contribution < -0.4 is 5.32 Å². The summed E-state index contributed by atoms with van der Waals surface area (Å²) in [4.78, 5) is 31.9. The normalized spacial score (nSPS) is 10.8. The van der Waals surface area contributed by atoms with Crippen molar-refractivity contribution in [3.8, 4) is 9.88 Å². The van der Waals surface area contributed by atoms with Gasteiger partial charge in [0.25, 0.3) is 5.91 Å². The maximum Gasteiger partial charge on any atom is 0.266 e. The fourth-order valence-corrected chi connectivity index (χ4v) is 4.24. The fourth-order valence-electron chi connectivity index (χ4n) is 2.55. The van der Waals surface area contributed by atoms with Crippen LogP contribution in [0.1, 0.15) is 23.0 Å². The summed E-state index contributed by atoms with van der Waals surface area (Å²) in [5.74, 6) is -5.62. The quantitative estimate of drug-likeness (QED) is 0.539. The SMILES string of the molecule is CCCN(CC(=O)Nc1ccc(F)c(F)c1F)C(=O)c1cnc(-c2cccs2)s1. The summed E-state index contributed by atoms with van der Waals surface area (Å²) >= 11 is 2.72. The molecule has 5 nitrogen and oxygen atoms in total. The van der Waals surface area contributed by atoms with E-state index in [1.807, 2.05) is 24.4 Å². The Labute approximate surface area is 172 Å². The summed E-state index contributed by atoms with van der Waals surface area (Å²) < 4.78 is 40.1. The molecule has 10 heteroatoms. The molecule has 29 heavy (non-hydrogen) atoms. The molecule has 152 valence electrons. The summed E-state index contributed by atoms with van der Waals surface area (Å²) in [7, 11) is 0. The summed E-state index contributed by atoms with van der Waals surface area (Å²) in [6, 6.07) is 5.42. The molecule has 0 saturated heterocycles. The molecular formula is C19H16F3N3O2S2. The lowest BCUT2D eigenvalue weighted by Gasteiger charge is -2.20. The molecule has 1 N–H and O–H groups in total. The van der Waals surface area contributed by atoms with Gasteiger partial charge in [-0.1, -0.05) is 13.0 Å². The smallest absolute Gasteiger partial charge is 0.266 e. The highest BCUT2D eigenvalue weighted by Gasteiger charge is 2.22. The van der Waals surface area contributed by atoms with Crippen LogP contribution in [-0.4, -0.2) is 34.8 Å². The Morgan fingerprint density at radius 3 is 2.66 bits per heavy atom. The molecule has 0 unspecified atom stereocenters. The van der Waals surface area contributed by atoms with Crippen molar-refractivity contribution in [2.45, 2.75) is 13.3 Å². The zero-order valence-electron chi connectivity index (χ0n) is 15.2. The highest BCUT2D eigenvalue weighted by atomic mass is 32.1. The van der Waals surface area contributed by atoms with Crippen molar-refractivity contribution in [2.24, 2.45) is 0 Å².